The summed E-state index contributed by atoms with van der Waals surface area (Å²) in [6.45, 7) is 4.15. The molecule has 0 radical (unpaired) electrons. The zero-order valence-corrected chi connectivity index (χ0v) is 16.2. The van der Waals surface area contributed by atoms with Gasteiger partial charge in [-0.2, -0.15) is 0 Å². The second kappa shape index (κ2) is 7.37. The van der Waals surface area contributed by atoms with Crippen molar-refractivity contribution in [2.24, 2.45) is 0 Å². The minimum absolute atomic E-state index is 0.244. The number of carbonyl (C=O) groups is 3. The molecule has 0 saturated heterocycles. The summed E-state index contributed by atoms with van der Waals surface area (Å²) in [4.78, 5) is 34.4. The van der Waals surface area contributed by atoms with Gasteiger partial charge < -0.3 is 0 Å². The molecule has 0 saturated carbocycles. The lowest BCUT2D eigenvalue weighted by molar-refractivity contribution is -0.116. The topological polar surface area (TPSA) is 60.9 Å². The zero-order chi connectivity index (χ0) is 16.3. The van der Waals surface area contributed by atoms with Crippen molar-refractivity contribution in [3.8, 4) is 0 Å². The molecule has 1 rings (SSSR count). The van der Waals surface area contributed by atoms with E-state index in [2.05, 4.69) is 48.4 Å². The van der Waals surface area contributed by atoms with E-state index in [1.54, 1.807) is 18.2 Å². The standard InChI is InChI=1S/C12H12Br3N3O3/c1-7(19)16(13)10-4-11(17(14)8(2)20)6-12(5-10)18(15)9(3)21/h4-6H,1-3H3. The highest BCUT2D eigenvalue weighted by Crippen LogP contribution is 2.34. The van der Waals surface area contributed by atoms with Crippen LogP contribution in [0.15, 0.2) is 18.2 Å². The molecule has 0 aliphatic carbocycles. The number of halogens is 3. The van der Waals surface area contributed by atoms with Crippen molar-refractivity contribution in [3.63, 3.8) is 0 Å². The van der Waals surface area contributed by atoms with Crippen LogP contribution in [-0.2, 0) is 14.4 Å². The van der Waals surface area contributed by atoms with E-state index in [1.165, 1.54) is 32.5 Å². The van der Waals surface area contributed by atoms with E-state index >= 15 is 0 Å². The van der Waals surface area contributed by atoms with Crippen LogP contribution in [0.4, 0.5) is 17.1 Å². The van der Waals surface area contributed by atoms with Crippen LogP contribution in [0.1, 0.15) is 20.8 Å². The first-order valence-corrected chi connectivity index (χ1v) is 7.82. The molecule has 1 aromatic rings. The van der Waals surface area contributed by atoms with Crippen molar-refractivity contribution in [1.29, 1.82) is 0 Å². The number of anilines is 3. The predicted octanol–water partition coefficient (Wildman–Crippen LogP) is 3.68. The number of carbonyl (C=O) groups excluding carboxylic acids is 3. The molecular formula is C12H12Br3N3O3. The van der Waals surface area contributed by atoms with Crippen molar-refractivity contribution in [1.82, 2.24) is 0 Å². The molecule has 0 unspecified atom stereocenters. The Morgan fingerprint density at radius 1 is 0.667 bits per heavy atom. The Balaban J connectivity index is 3.42. The lowest BCUT2D eigenvalue weighted by atomic mass is 10.2. The van der Waals surface area contributed by atoms with Crippen molar-refractivity contribution < 1.29 is 14.4 Å². The fourth-order valence-corrected chi connectivity index (χ4v) is 2.08. The van der Waals surface area contributed by atoms with Gasteiger partial charge in [-0.05, 0) is 18.2 Å². The Kier molecular flexibility index (Phi) is 6.36. The van der Waals surface area contributed by atoms with Crippen LogP contribution in [-0.4, -0.2) is 17.7 Å². The third-order valence-electron chi connectivity index (χ3n) is 2.40. The summed E-state index contributed by atoms with van der Waals surface area (Å²) in [5.41, 5.74) is 1.43. The van der Waals surface area contributed by atoms with Crippen molar-refractivity contribution in [2.45, 2.75) is 20.8 Å². The number of amides is 3. The summed E-state index contributed by atoms with van der Waals surface area (Å²) in [5.74, 6) is -0.733. The Hall–Kier alpha value is -0.930. The van der Waals surface area contributed by atoms with E-state index in [-0.39, 0.29) is 17.7 Å². The highest BCUT2D eigenvalue weighted by atomic mass is 79.9. The van der Waals surface area contributed by atoms with Crippen LogP contribution in [0.5, 0.6) is 0 Å². The molecule has 0 aliphatic rings. The summed E-state index contributed by atoms with van der Waals surface area (Å²) >= 11 is 9.41. The average Bonchev–Trinajstić information content (AvgIpc) is 2.43. The van der Waals surface area contributed by atoms with Crippen molar-refractivity contribution in [3.05, 3.63) is 18.2 Å². The number of benzene rings is 1. The van der Waals surface area contributed by atoms with Gasteiger partial charge in [0.15, 0.2) is 0 Å². The van der Waals surface area contributed by atoms with E-state index < -0.39 is 0 Å². The molecule has 0 aromatic heterocycles. The minimum Gasteiger partial charge on any atom is -0.274 e. The smallest absolute Gasteiger partial charge is 0.233 e. The monoisotopic (exact) mass is 483 g/mol. The van der Waals surface area contributed by atoms with E-state index in [4.69, 9.17) is 0 Å². The molecule has 0 N–H and O–H groups in total. The Bertz CT molecular complexity index is 501. The van der Waals surface area contributed by atoms with E-state index in [9.17, 15) is 14.4 Å². The molecule has 6 nitrogen and oxygen atoms in total. The first-order chi connectivity index (χ1) is 9.65. The summed E-state index contributed by atoms with van der Waals surface area (Å²) in [5, 5.41) is 0. The minimum atomic E-state index is -0.244. The van der Waals surface area contributed by atoms with Gasteiger partial charge in [-0.3, -0.25) is 14.4 Å². The lowest BCUT2D eigenvalue weighted by Crippen LogP contribution is -2.21. The average molecular weight is 486 g/mol. The van der Waals surface area contributed by atoms with Crippen LogP contribution in [0.25, 0.3) is 0 Å². The van der Waals surface area contributed by atoms with Gasteiger partial charge in [-0.15, -0.1) is 0 Å². The first kappa shape index (κ1) is 18.1. The molecule has 3 amide bonds. The molecule has 0 spiro atoms. The fraction of sp³-hybridized carbons (Fsp3) is 0.250. The maximum Gasteiger partial charge on any atom is 0.233 e. The van der Waals surface area contributed by atoms with Gasteiger partial charge in [-0.25, -0.2) is 11.8 Å². The molecule has 1 aromatic carbocycles. The summed E-state index contributed by atoms with van der Waals surface area (Å²) in [6.07, 6.45) is 0. The largest absolute Gasteiger partial charge is 0.274 e. The highest BCUT2D eigenvalue weighted by Gasteiger charge is 2.18. The third kappa shape index (κ3) is 4.52. The van der Waals surface area contributed by atoms with Gasteiger partial charge >= 0.3 is 0 Å². The quantitative estimate of drug-likeness (QED) is 0.614. The Morgan fingerprint density at radius 3 is 1.00 bits per heavy atom. The molecular weight excluding hydrogens is 474 g/mol. The molecule has 21 heavy (non-hydrogen) atoms. The van der Waals surface area contributed by atoms with Crippen molar-refractivity contribution >= 4 is 83.2 Å². The number of hydrogen-bond donors (Lipinski definition) is 0. The number of rotatable bonds is 3. The van der Waals surface area contributed by atoms with E-state index in [1.807, 2.05) is 0 Å². The van der Waals surface area contributed by atoms with Crippen molar-refractivity contribution in [2.75, 3.05) is 11.8 Å². The summed E-state index contributed by atoms with van der Waals surface area (Å²) in [7, 11) is 0. The lowest BCUT2D eigenvalue weighted by Gasteiger charge is -2.21. The van der Waals surface area contributed by atoms with Gasteiger partial charge in [0.1, 0.15) is 0 Å². The molecule has 0 fully saturated rings. The van der Waals surface area contributed by atoms with Crippen LogP contribution >= 0.6 is 48.4 Å². The second-order valence-electron chi connectivity index (χ2n) is 4.11. The molecule has 9 heteroatoms. The molecule has 0 bridgehead atoms. The summed E-state index contributed by atoms with van der Waals surface area (Å²) in [6, 6.07) is 4.87. The van der Waals surface area contributed by atoms with Gasteiger partial charge in [-0.1, -0.05) is 0 Å². The summed E-state index contributed by atoms with van der Waals surface area (Å²) < 4.78 is 3.71. The molecule has 0 aliphatic heterocycles. The molecule has 0 atom stereocenters. The van der Waals surface area contributed by atoms with Crippen LogP contribution in [0.3, 0.4) is 0 Å². The zero-order valence-electron chi connectivity index (χ0n) is 11.4. The van der Waals surface area contributed by atoms with Gasteiger partial charge in [0.2, 0.25) is 17.7 Å². The van der Waals surface area contributed by atoms with E-state index in [0.717, 1.165) is 0 Å². The van der Waals surface area contributed by atoms with Gasteiger partial charge in [0, 0.05) is 20.8 Å². The molecule has 114 valence electrons. The van der Waals surface area contributed by atoms with Gasteiger partial charge in [0.25, 0.3) is 0 Å². The maximum atomic E-state index is 11.5. The highest BCUT2D eigenvalue weighted by molar-refractivity contribution is 9.10. The van der Waals surface area contributed by atoms with Crippen LogP contribution < -0.4 is 11.8 Å². The number of hydrogen-bond acceptors (Lipinski definition) is 3. The van der Waals surface area contributed by atoms with E-state index in [0.29, 0.717) is 17.1 Å². The third-order valence-corrected chi connectivity index (χ3v) is 5.12. The van der Waals surface area contributed by atoms with Gasteiger partial charge in [0.05, 0.1) is 65.5 Å². The first-order valence-electron chi connectivity index (χ1n) is 5.69. The maximum absolute atomic E-state index is 11.5. The normalized spacial score (nSPS) is 10.0. The predicted molar refractivity (Wildman–Crippen MR) is 92.7 cm³/mol. The Morgan fingerprint density at radius 2 is 0.857 bits per heavy atom. The fourth-order valence-electron chi connectivity index (χ4n) is 1.46. The van der Waals surface area contributed by atoms with Crippen LogP contribution in [0, 0.1) is 0 Å². The second-order valence-corrected chi connectivity index (χ2v) is 6.24. The SMILES string of the molecule is CC(=O)N(Br)c1cc(N(Br)C(C)=O)cc(N(Br)C(C)=O)c1. The Labute approximate surface area is 148 Å². The molecule has 0 heterocycles. The number of nitrogens with zero attached hydrogens (tertiary/aromatic N) is 3. The van der Waals surface area contributed by atoms with Crippen LogP contribution in [0.2, 0.25) is 0 Å².